The van der Waals surface area contributed by atoms with Crippen LogP contribution < -0.4 is 9.64 Å². The fraction of sp³-hybridized carbons (Fsp3) is 0.500. The molecule has 22 heavy (non-hydrogen) atoms. The Morgan fingerprint density at radius 1 is 1.41 bits per heavy atom. The lowest BCUT2D eigenvalue weighted by Crippen LogP contribution is -2.37. The summed E-state index contributed by atoms with van der Waals surface area (Å²) in [6.45, 7) is 3.13. The van der Waals surface area contributed by atoms with E-state index in [2.05, 4.69) is 9.80 Å². The lowest BCUT2D eigenvalue weighted by Gasteiger charge is -2.31. The summed E-state index contributed by atoms with van der Waals surface area (Å²) in [5, 5.41) is 10.8. The smallest absolute Gasteiger partial charge is 0.490 e. The minimum Gasteiger partial charge on any atom is -0.490 e. The van der Waals surface area contributed by atoms with Crippen LogP contribution in [0.3, 0.4) is 0 Å². The third-order valence-electron chi connectivity index (χ3n) is 2.93. The molecule has 0 bridgehead atoms. The summed E-state index contributed by atoms with van der Waals surface area (Å²) in [6.07, 6.45) is 0. The molecule has 1 aromatic rings. The second-order valence-corrected chi connectivity index (χ2v) is 4.80. The van der Waals surface area contributed by atoms with Gasteiger partial charge in [-0.3, -0.25) is 23.1 Å². The van der Waals surface area contributed by atoms with E-state index in [0.717, 1.165) is 31.1 Å². The number of anilines is 1. The van der Waals surface area contributed by atoms with Gasteiger partial charge >= 0.3 is 7.54 Å². The molecule has 122 valence electrons. The Bertz CT molecular complexity index is 503. The van der Waals surface area contributed by atoms with Gasteiger partial charge in [-0.2, -0.15) is 0 Å². The molecule has 0 N–H and O–H groups in total. The van der Waals surface area contributed by atoms with Crippen molar-refractivity contribution in [1.82, 2.24) is 4.90 Å². The zero-order valence-electron chi connectivity index (χ0n) is 12.3. The molecule has 1 aromatic carbocycles. The third-order valence-corrected chi connectivity index (χ3v) is 2.93. The highest BCUT2D eigenvalue weighted by molar-refractivity contribution is 6.33. The monoisotopic (exact) mass is 319 g/mol. The van der Waals surface area contributed by atoms with Gasteiger partial charge in [0.05, 0.1) is 17.2 Å². The molecule has 0 radical (unpaired) electrons. The summed E-state index contributed by atoms with van der Waals surface area (Å²) >= 11 is 0. The maximum absolute atomic E-state index is 10.8. The third kappa shape index (κ3) is 5.80. The second-order valence-electron chi connectivity index (χ2n) is 4.80. The topological polar surface area (TPSA) is 58.8 Å². The molecular formula is C12H17BF3N3O3. The number of halogens is 3. The first-order valence-electron chi connectivity index (χ1n) is 6.54. The number of nitro groups is 1. The van der Waals surface area contributed by atoms with Crippen LogP contribution in [0.5, 0.6) is 5.75 Å². The number of nitrogens with zero attached hydrogens (tertiary/aromatic N) is 3. The first-order chi connectivity index (χ1) is 10.3. The number of benzene rings is 1. The molecule has 0 saturated carbocycles. The molecule has 0 amide bonds. The molecule has 1 aliphatic rings. The van der Waals surface area contributed by atoms with Crippen LogP contribution in [0.15, 0.2) is 18.2 Å². The zero-order valence-corrected chi connectivity index (χ0v) is 12.3. The maximum Gasteiger partial charge on any atom is 0.762 e. The standard InChI is InChI=1S/C12H17N3O3.BF3/c1-13(2)5-6-14-7-8-18-12-4-3-10(15(16)17)9-11(12)14;2-1(3)4/h3-4,9H,5-8H2,1-2H3;. The van der Waals surface area contributed by atoms with Gasteiger partial charge in [-0.1, -0.05) is 0 Å². The first-order valence-corrected chi connectivity index (χ1v) is 6.54. The number of nitro benzene ring substituents is 1. The minimum atomic E-state index is -3.67. The highest BCUT2D eigenvalue weighted by atomic mass is 19.4. The van der Waals surface area contributed by atoms with Gasteiger partial charge in [0, 0.05) is 25.2 Å². The van der Waals surface area contributed by atoms with E-state index in [-0.39, 0.29) is 10.6 Å². The summed E-state index contributed by atoms with van der Waals surface area (Å²) in [4.78, 5) is 14.6. The number of fused-ring (bicyclic) bond motifs is 1. The number of likely N-dealkylation sites (N-methyl/N-ethyl adjacent to an activating group) is 1. The van der Waals surface area contributed by atoms with E-state index in [1.807, 2.05) is 14.1 Å². The zero-order chi connectivity index (χ0) is 16.7. The van der Waals surface area contributed by atoms with E-state index in [1.54, 1.807) is 12.1 Å². The van der Waals surface area contributed by atoms with Gasteiger partial charge in [0.1, 0.15) is 12.4 Å². The fourth-order valence-electron chi connectivity index (χ4n) is 1.93. The van der Waals surface area contributed by atoms with Crippen LogP contribution in [0.25, 0.3) is 0 Å². The molecular weight excluding hydrogens is 302 g/mol. The van der Waals surface area contributed by atoms with Crippen molar-refractivity contribution in [3.05, 3.63) is 28.3 Å². The average molecular weight is 319 g/mol. The Labute approximate surface area is 126 Å². The Kier molecular flexibility index (Phi) is 6.96. The minimum absolute atomic E-state index is 0.106. The molecule has 0 unspecified atom stereocenters. The SMILES string of the molecule is CN(C)CCN1CCOc2ccc([N+](=O)[O-])cc21.FB(F)F. The van der Waals surface area contributed by atoms with Crippen LogP contribution in [0.4, 0.5) is 24.3 Å². The molecule has 0 aromatic heterocycles. The van der Waals surface area contributed by atoms with Gasteiger partial charge in [-0.25, -0.2) is 0 Å². The number of non-ortho nitro benzene ring substituents is 1. The van der Waals surface area contributed by atoms with Crippen LogP contribution >= 0.6 is 0 Å². The van der Waals surface area contributed by atoms with Gasteiger partial charge in [0.2, 0.25) is 0 Å². The van der Waals surface area contributed by atoms with Crippen molar-refractivity contribution in [2.75, 3.05) is 45.2 Å². The van der Waals surface area contributed by atoms with E-state index >= 15 is 0 Å². The summed E-state index contributed by atoms with van der Waals surface area (Å²) < 4.78 is 34.5. The van der Waals surface area contributed by atoms with Gasteiger partial charge in [-0.15, -0.1) is 0 Å². The van der Waals surface area contributed by atoms with Crippen LogP contribution in [0, 0.1) is 10.1 Å². The van der Waals surface area contributed by atoms with Gasteiger partial charge < -0.3 is 14.5 Å². The van der Waals surface area contributed by atoms with E-state index in [0.29, 0.717) is 6.61 Å². The van der Waals surface area contributed by atoms with Gasteiger partial charge in [-0.05, 0) is 20.2 Å². The number of ether oxygens (including phenoxy) is 1. The molecule has 6 nitrogen and oxygen atoms in total. The van der Waals surface area contributed by atoms with E-state index in [4.69, 9.17) is 4.74 Å². The predicted octanol–water partition coefficient (Wildman–Crippen LogP) is 2.23. The van der Waals surface area contributed by atoms with Crippen molar-refractivity contribution in [3.63, 3.8) is 0 Å². The van der Waals surface area contributed by atoms with Gasteiger partial charge in [0.15, 0.2) is 0 Å². The molecule has 0 aliphatic carbocycles. The van der Waals surface area contributed by atoms with Crippen LogP contribution in [-0.4, -0.2) is 57.7 Å². The normalized spacial score (nSPS) is 12.9. The van der Waals surface area contributed by atoms with Gasteiger partial charge in [0.25, 0.3) is 5.69 Å². The number of rotatable bonds is 4. The second kappa shape index (κ2) is 8.47. The number of hydrogen-bond acceptors (Lipinski definition) is 5. The average Bonchev–Trinajstić information content (AvgIpc) is 2.43. The van der Waals surface area contributed by atoms with E-state index in [9.17, 15) is 23.1 Å². The van der Waals surface area contributed by atoms with Crippen molar-refractivity contribution < 1.29 is 22.6 Å². The quantitative estimate of drug-likeness (QED) is 0.484. The van der Waals surface area contributed by atoms with Crippen molar-refractivity contribution in [2.45, 2.75) is 0 Å². The van der Waals surface area contributed by atoms with Crippen LogP contribution in [0.2, 0.25) is 0 Å². The van der Waals surface area contributed by atoms with E-state index < -0.39 is 7.54 Å². The summed E-state index contributed by atoms with van der Waals surface area (Å²) in [5.41, 5.74) is 0.923. The Morgan fingerprint density at radius 3 is 2.59 bits per heavy atom. The highest BCUT2D eigenvalue weighted by Gasteiger charge is 2.21. The predicted molar refractivity (Wildman–Crippen MR) is 78.4 cm³/mol. The van der Waals surface area contributed by atoms with Crippen molar-refractivity contribution in [2.24, 2.45) is 0 Å². The van der Waals surface area contributed by atoms with Crippen molar-refractivity contribution in [1.29, 1.82) is 0 Å². The number of hydrogen-bond donors (Lipinski definition) is 0. The summed E-state index contributed by atoms with van der Waals surface area (Å²) in [5.74, 6) is 0.727. The Balaban J connectivity index is 0.000000541. The van der Waals surface area contributed by atoms with Crippen molar-refractivity contribution >= 4 is 18.9 Å². The largest absolute Gasteiger partial charge is 0.762 e. The molecule has 0 fully saturated rings. The van der Waals surface area contributed by atoms with Crippen LogP contribution in [-0.2, 0) is 0 Å². The first kappa shape index (κ1) is 18.1. The van der Waals surface area contributed by atoms with E-state index in [1.165, 1.54) is 6.07 Å². The molecule has 1 aliphatic heterocycles. The fourth-order valence-corrected chi connectivity index (χ4v) is 1.93. The van der Waals surface area contributed by atoms with Crippen LogP contribution in [0.1, 0.15) is 0 Å². The molecule has 2 rings (SSSR count). The molecule has 0 saturated heterocycles. The lowest BCUT2D eigenvalue weighted by molar-refractivity contribution is -0.384. The van der Waals surface area contributed by atoms with Crippen molar-refractivity contribution in [3.8, 4) is 5.75 Å². The molecule has 0 atom stereocenters. The highest BCUT2D eigenvalue weighted by Crippen LogP contribution is 2.34. The summed E-state index contributed by atoms with van der Waals surface area (Å²) in [7, 11) is 0.351. The molecule has 0 spiro atoms. The summed E-state index contributed by atoms with van der Waals surface area (Å²) in [6, 6.07) is 4.74. The Hall–Kier alpha value is -1.97. The Morgan fingerprint density at radius 2 is 2.05 bits per heavy atom. The molecule has 1 heterocycles. The lowest BCUT2D eigenvalue weighted by atomic mass is 10.2. The maximum atomic E-state index is 10.8. The molecule has 10 heteroatoms.